The molecule has 1 N–H and O–H groups in total. The van der Waals surface area contributed by atoms with E-state index in [1.807, 2.05) is 24.4 Å². The maximum Gasteiger partial charge on any atom is 0.255 e. The highest BCUT2D eigenvalue weighted by atomic mass is 79.9. The fraction of sp³-hybridized carbons (Fsp3) is 0.429. The smallest absolute Gasteiger partial charge is 0.255 e. The van der Waals surface area contributed by atoms with Gasteiger partial charge in [-0.25, -0.2) is 4.52 Å². The number of hydrogen-bond acceptors (Lipinski definition) is 2. The van der Waals surface area contributed by atoms with Crippen LogP contribution in [-0.4, -0.2) is 26.9 Å². The number of nitrogens with zero attached hydrogens (tertiary/aromatic N) is 2. The average molecular weight is 324 g/mol. The van der Waals surface area contributed by atoms with Crippen LogP contribution in [0.4, 0.5) is 0 Å². The van der Waals surface area contributed by atoms with Crippen molar-refractivity contribution in [2.75, 3.05) is 6.54 Å². The molecule has 1 amide bonds. The largest absolute Gasteiger partial charge is 0.351 e. The van der Waals surface area contributed by atoms with Crippen molar-refractivity contribution < 1.29 is 4.79 Å². The number of hydrogen-bond donors (Lipinski definition) is 1. The fourth-order valence-corrected chi connectivity index (χ4v) is 2.91. The molecule has 1 unspecified atom stereocenters. The molecule has 4 nitrogen and oxygen atoms in total. The first-order chi connectivity index (χ1) is 9.08. The molecule has 0 aliphatic heterocycles. The zero-order valence-corrected chi connectivity index (χ0v) is 12.7. The van der Waals surface area contributed by atoms with E-state index in [2.05, 4.69) is 40.2 Å². The molecule has 0 spiro atoms. The fourth-order valence-electron chi connectivity index (χ4n) is 2.00. The molecule has 2 aromatic rings. The van der Waals surface area contributed by atoms with Crippen molar-refractivity contribution in [3.63, 3.8) is 0 Å². The lowest BCUT2D eigenvalue weighted by Crippen LogP contribution is -2.30. The van der Waals surface area contributed by atoms with Gasteiger partial charge in [0.05, 0.1) is 17.3 Å². The first-order valence-electron chi connectivity index (χ1n) is 6.42. The van der Waals surface area contributed by atoms with E-state index >= 15 is 0 Å². The van der Waals surface area contributed by atoms with Crippen LogP contribution < -0.4 is 5.32 Å². The van der Waals surface area contributed by atoms with Crippen LogP contribution in [0.3, 0.4) is 0 Å². The number of carbonyl (C=O) groups excluding carboxylic acids is 1. The van der Waals surface area contributed by atoms with Crippen LogP contribution in [0.15, 0.2) is 30.6 Å². The molecular weight excluding hydrogens is 306 g/mol. The minimum atomic E-state index is -0.0746. The summed E-state index contributed by atoms with van der Waals surface area (Å²) < 4.78 is 1.70. The Morgan fingerprint density at radius 2 is 2.26 bits per heavy atom. The highest BCUT2D eigenvalue weighted by molar-refractivity contribution is 9.09. The number of fused-ring (bicyclic) bond motifs is 1. The zero-order chi connectivity index (χ0) is 13.8. The number of alkyl halides is 1. The lowest BCUT2D eigenvalue weighted by atomic mass is 10.1. The Labute approximate surface area is 121 Å². The molecule has 0 aliphatic rings. The Morgan fingerprint density at radius 1 is 1.47 bits per heavy atom. The summed E-state index contributed by atoms with van der Waals surface area (Å²) >= 11 is 3.58. The number of rotatable bonds is 5. The molecule has 0 bridgehead atoms. The molecule has 102 valence electrons. The first-order valence-corrected chi connectivity index (χ1v) is 7.34. The van der Waals surface area contributed by atoms with Crippen LogP contribution in [0, 0.1) is 5.92 Å². The van der Waals surface area contributed by atoms with Gasteiger partial charge >= 0.3 is 0 Å². The molecule has 0 saturated heterocycles. The van der Waals surface area contributed by atoms with Crippen molar-refractivity contribution in [1.29, 1.82) is 0 Å². The number of nitrogens with one attached hydrogen (secondary N) is 1. The zero-order valence-electron chi connectivity index (χ0n) is 11.1. The second kappa shape index (κ2) is 6.19. The molecule has 0 fully saturated rings. The van der Waals surface area contributed by atoms with Gasteiger partial charge in [0.2, 0.25) is 0 Å². The molecule has 0 saturated carbocycles. The van der Waals surface area contributed by atoms with Crippen LogP contribution in [0.1, 0.15) is 30.6 Å². The lowest BCUT2D eigenvalue weighted by Gasteiger charge is -2.12. The van der Waals surface area contributed by atoms with Gasteiger partial charge in [0.1, 0.15) is 0 Å². The molecule has 2 rings (SSSR count). The topological polar surface area (TPSA) is 46.4 Å². The Kier molecular flexibility index (Phi) is 4.58. The first kappa shape index (κ1) is 14.1. The molecule has 0 aliphatic carbocycles. The van der Waals surface area contributed by atoms with Crippen LogP contribution in [0.2, 0.25) is 0 Å². The van der Waals surface area contributed by atoms with Gasteiger partial charge in [-0.05, 0) is 24.5 Å². The van der Waals surface area contributed by atoms with Gasteiger partial charge in [-0.1, -0.05) is 35.8 Å². The summed E-state index contributed by atoms with van der Waals surface area (Å²) in [5, 5.41) is 7.10. The third kappa shape index (κ3) is 3.56. The Hall–Kier alpha value is -1.36. The van der Waals surface area contributed by atoms with Crippen molar-refractivity contribution in [1.82, 2.24) is 14.9 Å². The van der Waals surface area contributed by atoms with E-state index in [0.29, 0.717) is 22.9 Å². The SMILES string of the molecule is CC(C)CC(Br)CNC(=O)c1cnn2ccccc12. The standard InChI is InChI=1S/C14H18BrN3O/c1-10(2)7-11(15)8-16-14(19)12-9-17-18-6-4-3-5-13(12)18/h3-6,9-11H,7-8H2,1-2H3,(H,16,19). The van der Waals surface area contributed by atoms with Gasteiger partial charge in [-0.2, -0.15) is 5.10 Å². The van der Waals surface area contributed by atoms with Crippen molar-refractivity contribution in [2.24, 2.45) is 5.92 Å². The molecule has 2 heterocycles. The molecule has 2 aromatic heterocycles. The quantitative estimate of drug-likeness (QED) is 0.860. The van der Waals surface area contributed by atoms with Gasteiger partial charge in [-0.15, -0.1) is 0 Å². The second-order valence-corrected chi connectivity index (χ2v) is 6.32. The van der Waals surface area contributed by atoms with Gasteiger partial charge in [0, 0.05) is 17.6 Å². The number of aromatic nitrogens is 2. The van der Waals surface area contributed by atoms with Gasteiger partial charge in [0.25, 0.3) is 5.91 Å². The average Bonchev–Trinajstić information content (AvgIpc) is 2.79. The van der Waals surface area contributed by atoms with Crippen LogP contribution in [0.5, 0.6) is 0 Å². The van der Waals surface area contributed by atoms with Crippen molar-refractivity contribution in [2.45, 2.75) is 25.1 Å². The summed E-state index contributed by atoms with van der Waals surface area (Å²) in [6.45, 7) is 4.96. The Morgan fingerprint density at radius 3 is 3.00 bits per heavy atom. The van der Waals surface area contributed by atoms with E-state index in [4.69, 9.17) is 0 Å². The van der Waals surface area contributed by atoms with Gasteiger partial charge in [0.15, 0.2) is 0 Å². The molecular formula is C14H18BrN3O. The van der Waals surface area contributed by atoms with Crippen molar-refractivity contribution >= 4 is 27.4 Å². The normalized spacial score (nSPS) is 12.8. The number of halogens is 1. The van der Waals surface area contributed by atoms with E-state index in [1.54, 1.807) is 10.7 Å². The second-order valence-electron chi connectivity index (χ2n) is 5.03. The molecule has 5 heteroatoms. The third-order valence-electron chi connectivity index (χ3n) is 2.88. The highest BCUT2D eigenvalue weighted by Crippen LogP contribution is 2.13. The van der Waals surface area contributed by atoms with E-state index in [9.17, 15) is 4.79 Å². The minimum Gasteiger partial charge on any atom is -0.351 e. The van der Waals surface area contributed by atoms with E-state index in [1.165, 1.54) is 0 Å². The molecule has 1 atom stereocenters. The summed E-state index contributed by atoms with van der Waals surface area (Å²) in [5.74, 6) is 0.535. The van der Waals surface area contributed by atoms with Gasteiger partial charge in [-0.3, -0.25) is 4.79 Å². The van der Waals surface area contributed by atoms with Crippen molar-refractivity contribution in [3.05, 3.63) is 36.2 Å². The van der Waals surface area contributed by atoms with Gasteiger partial charge < -0.3 is 5.32 Å². The van der Waals surface area contributed by atoms with E-state index < -0.39 is 0 Å². The summed E-state index contributed by atoms with van der Waals surface area (Å²) in [6.07, 6.45) is 4.48. The summed E-state index contributed by atoms with van der Waals surface area (Å²) in [7, 11) is 0. The molecule has 0 aromatic carbocycles. The lowest BCUT2D eigenvalue weighted by molar-refractivity contribution is 0.0955. The van der Waals surface area contributed by atoms with Crippen LogP contribution in [-0.2, 0) is 0 Å². The number of carbonyl (C=O) groups is 1. The number of amides is 1. The highest BCUT2D eigenvalue weighted by Gasteiger charge is 2.14. The maximum absolute atomic E-state index is 12.1. The predicted molar refractivity (Wildman–Crippen MR) is 79.7 cm³/mol. The monoisotopic (exact) mass is 323 g/mol. The molecule has 19 heavy (non-hydrogen) atoms. The predicted octanol–water partition coefficient (Wildman–Crippen LogP) is 2.87. The summed E-state index contributed by atoms with van der Waals surface area (Å²) in [5.41, 5.74) is 1.44. The Bertz CT molecular complexity index is 565. The summed E-state index contributed by atoms with van der Waals surface area (Å²) in [4.78, 5) is 12.4. The number of pyridine rings is 1. The minimum absolute atomic E-state index is 0.0746. The maximum atomic E-state index is 12.1. The van der Waals surface area contributed by atoms with E-state index in [0.717, 1.165) is 11.9 Å². The van der Waals surface area contributed by atoms with Crippen LogP contribution in [0.25, 0.3) is 5.52 Å². The van der Waals surface area contributed by atoms with Crippen molar-refractivity contribution in [3.8, 4) is 0 Å². The summed E-state index contributed by atoms with van der Waals surface area (Å²) in [6, 6.07) is 5.68. The molecule has 0 radical (unpaired) electrons. The third-order valence-corrected chi connectivity index (χ3v) is 3.58. The van der Waals surface area contributed by atoms with E-state index in [-0.39, 0.29) is 5.91 Å². The van der Waals surface area contributed by atoms with Crippen LogP contribution >= 0.6 is 15.9 Å². The Balaban J connectivity index is 2.00.